The van der Waals surface area contributed by atoms with Crippen LogP contribution >= 0.6 is 0 Å². The molecule has 1 aromatic rings. The Morgan fingerprint density at radius 3 is 2.28 bits per heavy atom. The van der Waals surface area contributed by atoms with Crippen molar-refractivity contribution < 1.29 is 12.8 Å². The maximum atomic E-state index is 12.8. The Bertz CT molecular complexity index is 499. The highest BCUT2D eigenvalue weighted by molar-refractivity contribution is 7.91. The summed E-state index contributed by atoms with van der Waals surface area (Å²) < 4.78 is 35.7. The van der Waals surface area contributed by atoms with E-state index < -0.39 is 15.4 Å². The molecular formula is C12H17FN2O2S. The first-order chi connectivity index (χ1) is 8.45. The molecule has 0 aromatic heterocycles. The van der Waals surface area contributed by atoms with Crippen molar-refractivity contribution in [3.63, 3.8) is 0 Å². The van der Waals surface area contributed by atoms with Crippen molar-refractivity contribution in [1.82, 2.24) is 0 Å². The lowest BCUT2D eigenvalue weighted by Crippen LogP contribution is -2.51. The predicted octanol–water partition coefficient (Wildman–Crippen LogP) is 1.14. The van der Waals surface area contributed by atoms with Crippen molar-refractivity contribution in [1.29, 1.82) is 0 Å². The summed E-state index contributed by atoms with van der Waals surface area (Å²) in [4.78, 5) is 0. The number of halogens is 1. The highest BCUT2D eigenvalue weighted by atomic mass is 32.2. The van der Waals surface area contributed by atoms with E-state index in [1.54, 1.807) is 12.1 Å². The largest absolute Gasteiger partial charge is 0.378 e. The molecular weight excluding hydrogens is 255 g/mol. The third-order valence-corrected chi connectivity index (χ3v) is 5.08. The van der Waals surface area contributed by atoms with Crippen LogP contribution in [0.15, 0.2) is 24.3 Å². The molecule has 100 valence electrons. The van der Waals surface area contributed by atoms with Gasteiger partial charge in [-0.2, -0.15) is 0 Å². The summed E-state index contributed by atoms with van der Waals surface area (Å²) in [6.07, 6.45) is 0.979. The fourth-order valence-electron chi connectivity index (χ4n) is 2.15. The van der Waals surface area contributed by atoms with E-state index in [1.165, 1.54) is 12.1 Å². The molecule has 0 saturated carbocycles. The van der Waals surface area contributed by atoms with E-state index in [9.17, 15) is 12.8 Å². The average Bonchev–Trinajstić information content (AvgIpc) is 2.35. The molecule has 1 aliphatic rings. The van der Waals surface area contributed by atoms with Crippen LogP contribution in [0, 0.1) is 5.82 Å². The Morgan fingerprint density at radius 2 is 1.78 bits per heavy atom. The summed E-state index contributed by atoms with van der Waals surface area (Å²) in [6.45, 7) is 0.361. The van der Waals surface area contributed by atoms with Crippen LogP contribution in [-0.2, 0) is 9.84 Å². The fraction of sp³-hybridized carbons (Fsp3) is 0.500. The number of nitrogens with one attached hydrogen (secondary N) is 1. The van der Waals surface area contributed by atoms with E-state index in [0.29, 0.717) is 19.4 Å². The Balaban J connectivity index is 2.12. The standard InChI is InChI=1S/C12H17FN2O2S/c13-10-1-3-11(4-2-10)15-12(9-14)5-7-18(16,17)8-6-12/h1-4,15H,5-9,14H2. The third-order valence-electron chi connectivity index (χ3n) is 3.43. The fourth-order valence-corrected chi connectivity index (χ4v) is 3.76. The molecule has 0 unspecified atom stereocenters. The van der Waals surface area contributed by atoms with Gasteiger partial charge in [-0.1, -0.05) is 0 Å². The molecule has 0 aliphatic carbocycles. The molecule has 1 saturated heterocycles. The van der Waals surface area contributed by atoms with Crippen LogP contribution in [0.25, 0.3) is 0 Å². The van der Waals surface area contributed by atoms with Crippen LogP contribution < -0.4 is 11.1 Å². The van der Waals surface area contributed by atoms with E-state index in [1.807, 2.05) is 0 Å². The van der Waals surface area contributed by atoms with E-state index in [-0.39, 0.29) is 17.3 Å². The minimum Gasteiger partial charge on any atom is -0.378 e. The normalized spacial score (nSPS) is 21.4. The van der Waals surface area contributed by atoms with Crippen LogP contribution in [0.1, 0.15) is 12.8 Å². The molecule has 0 amide bonds. The Morgan fingerprint density at radius 1 is 1.22 bits per heavy atom. The second kappa shape index (κ2) is 4.85. The van der Waals surface area contributed by atoms with Crippen molar-refractivity contribution in [3.8, 4) is 0 Å². The van der Waals surface area contributed by atoms with Crippen LogP contribution in [-0.4, -0.2) is 32.0 Å². The van der Waals surface area contributed by atoms with E-state index >= 15 is 0 Å². The summed E-state index contributed by atoms with van der Waals surface area (Å²) >= 11 is 0. The van der Waals surface area contributed by atoms with Crippen molar-refractivity contribution in [2.45, 2.75) is 18.4 Å². The molecule has 0 bridgehead atoms. The first-order valence-corrected chi connectivity index (χ1v) is 7.71. The highest BCUT2D eigenvalue weighted by Gasteiger charge is 2.36. The smallest absolute Gasteiger partial charge is 0.150 e. The molecule has 0 spiro atoms. The monoisotopic (exact) mass is 272 g/mol. The minimum absolute atomic E-state index is 0.151. The molecule has 0 radical (unpaired) electrons. The highest BCUT2D eigenvalue weighted by Crippen LogP contribution is 2.27. The molecule has 18 heavy (non-hydrogen) atoms. The van der Waals surface area contributed by atoms with E-state index in [2.05, 4.69) is 5.32 Å². The number of rotatable bonds is 3. The average molecular weight is 272 g/mol. The maximum absolute atomic E-state index is 12.8. The zero-order valence-corrected chi connectivity index (χ0v) is 10.8. The van der Waals surface area contributed by atoms with Crippen molar-refractivity contribution >= 4 is 15.5 Å². The number of nitrogens with two attached hydrogens (primary N) is 1. The number of sulfone groups is 1. The van der Waals surface area contributed by atoms with Crippen molar-refractivity contribution in [2.24, 2.45) is 5.73 Å². The van der Waals surface area contributed by atoms with Gasteiger partial charge in [0.2, 0.25) is 0 Å². The lowest BCUT2D eigenvalue weighted by atomic mass is 9.92. The number of hydrogen-bond acceptors (Lipinski definition) is 4. The van der Waals surface area contributed by atoms with Gasteiger partial charge in [0.25, 0.3) is 0 Å². The minimum atomic E-state index is -2.92. The van der Waals surface area contributed by atoms with Gasteiger partial charge < -0.3 is 11.1 Å². The molecule has 1 heterocycles. The van der Waals surface area contributed by atoms with Crippen LogP contribution in [0.3, 0.4) is 0 Å². The van der Waals surface area contributed by atoms with Gasteiger partial charge in [0.05, 0.1) is 17.0 Å². The lowest BCUT2D eigenvalue weighted by molar-refractivity contribution is 0.426. The van der Waals surface area contributed by atoms with E-state index in [4.69, 9.17) is 5.73 Å². The predicted molar refractivity (Wildman–Crippen MR) is 69.7 cm³/mol. The first-order valence-electron chi connectivity index (χ1n) is 5.89. The van der Waals surface area contributed by atoms with Crippen LogP contribution in [0.4, 0.5) is 10.1 Å². The van der Waals surface area contributed by atoms with Crippen LogP contribution in [0.5, 0.6) is 0 Å². The van der Waals surface area contributed by atoms with Gasteiger partial charge in [-0.3, -0.25) is 0 Å². The lowest BCUT2D eigenvalue weighted by Gasteiger charge is -2.37. The Kier molecular flexibility index (Phi) is 3.59. The van der Waals surface area contributed by atoms with Gasteiger partial charge in [-0.05, 0) is 37.1 Å². The Hall–Kier alpha value is -1.14. The van der Waals surface area contributed by atoms with Gasteiger partial charge in [0.1, 0.15) is 5.82 Å². The Labute approximate surface area is 106 Å². The summed E-state index contributed by atoms with van der Waals surface area (Å²) in [5, 5.41) is 3.25. The molecule has 6 heteroatoms. The summed E-state index contributed by atoms with van der Waals surface area (Å²) in [6, 6.07) is 6.00. The number of benzene rings is 1. The molecule has 1 aromatic carbocycles. The zero-order valence-electron chi connectivity index (χ0n) is 10.0. The van der Waals surface area contributed by atoms with Gasteiger partial charge in [-0.15, -0.1) is 0 Å². The summed E-state index contributed by atoms with van der Waals surface area (Å²) in [5.74, 6) is 0.00475. The topological polar surface area (TPSA) is 72.2 Å². The summed E-state index contributed by atoms with van der Waals surface area (Å²) in [7, 11) is -2.92. The molecule has 4 nitrogen and oxygen atoms in total. The van der Waals surface area contributed by atoms with E-state index in [0.717, 1.165) is 5.69 Å². The number of hydrogen-bond donors (Lipinski definition) is 2. The van der Waals surface area contributed by atoms with Crippen molar-refractivity contribution in [2.75, 3.05) is 23.4 Å². The second-order valence-electron chi connectivity index (χ2n) is 4.77. The first kappa shape index (κ1) is 13.3. The SMILES string of the molecule is NCC1(Nc2ccc(F)cc2)CCS(=O)(=O)CC1. The summed E-state index contributed by atoms with van der Waals surface area (Å²) in [5.41, 5.74) is 6.14. The number of anilines is 1. The zero-order chi connectivity index (χ0) is 13.2. The molecule has 0 atom stereocenters. The molecule has 3 N–H and O–H groups in total. The van der Waals surface area contributed by atoms with Gasteiger partial charge in [-0.25, -0.2) is 12.8 Å². The van der Waals surface area contributed by atoms with Gasteiger partial charge in [0, 0.05) is 12.2 Å². The molecule has 1 fully saturated rings. The van der Waals surface area contributed by atoms with Crippen LogP contribution in [0.2, 0.25) is 0 Å². The van der Waals surface area contributed by atoms with Gasteiger partial charge in [0.15, 0.2) is 9.84 Å². The molecule has 1 aliphatic heterocycles. The van der Waals surface area contributed by atoms with Gasteiger partial charge >= 0.3 is 0 Å². The quantitative estimate of drug-likeness (QED) is 0.865. The second-order valence-corrected chi connectivity index (χ2v) is 7.07. The van der Waals surface area contributed by atoms with Crippen molar-refractivity contribution in [3.05, 3.63) is 30.1 Å². The maximum Gasteiger partial charge on any atom is 0.150 e. The molecule has 2 rings (SSSR count). The third kappa shape index (κ3) is 3.00.